The molecular formula is C17H24O3S. The van der Waals surface area contributed by atoms with Gasteiger partial charge in [-0.05, 0) is 49.7 Å². The molecule has 21 heavy (non-hydrogen) atoms. The smallest absolute Gasteiger partial charge is 0.262 e. The first-order valence-corrected chi connectivity index (χ1v) is 9.08. The van der Waals surface area contributed by atoms with Crippen LogP contribution in [0.2, 0.25) is 0 Å². The molecule has 0 unspecified atom stereocenters. The minimum Gasteiger partial charge on any atom is -0.262 e. The summed E-state index contributed by atoms with van der Waals surface area (Å²) in [6.45, 7) is 8.64. The second-order valence-electron chi connectivity index (χ2n) is 7.46. The Kier molecular flexibility index (Phi) is 3.27. The SMILES string of the molecule is Cc1ccc(S(=O)(=O)O[C@H]2C[C@H]3CC[C@]2(C)C3(C)C)cc1. The minimum atomic E-state index is -3.67. The lowest BCUT2D eigenvalue weighted by molar-refractivity contribution is 0.0345. The first kappa shape index (κ1) is 15.0. The molecule has 3 atom stereocenters. The second-order valence-corrected chi connectivity index (χ2v) is 9.03. The van der Waals surface area contributed by atoms with Gasteiger partial charge in [0, 0.05) is 5.41 Å². The molecule has 0 spiro atoms. The van der Waals surface area contributed by atoms with Crippen LogP contribution in [-0.4, -0.2) is 14.5 Å². The van der Waals surface area contributed by atoms with Crippen molar-refractivity contribution in [2.45, 2.75) is 58.0 Å². The normalized spacial score (nSPS) is 34.3. The summed E-state index contributed by atoms with van der Waals surface area (Å²) in [5, 5.41) is 0. The van der Waals surface area contributed by atoms with E-state index in [4.69, 9.17) is 4.18 Å². The Morgan fingerprint density at radius 1 is 1.14 bits per heavy atom. The van der Waals surface area contributed by atoms with Crippen LogP contribution in [0, 0.1) is 23.7 Å². The molecule has 0 saturated heterocycles. The van der Waals surface area contributed by atoms with Crippen molar-refractivity contribution < 1.29 is 12.6 Å². The molecule has 4 heteroatoms. The monoisotopic (exact) mass is 308 g/mol. The zero-order valence-corrected chi connectivity index (χ0v) is 14.0. The van der Waals surface area contributed by atoms with Gasteiger partial charge < -0.3 is 0 Å². The Bertz CT molecular complexity index is 645. The second kappa shape index (κ2) is 4.56. The Hall–Kier alpha value is -0.870. The molecule has 2 bridgehead atoms. The van der Waals surface area contributed by atoms with Crippen LogP contribution in [0.5, 0.6) is 0 Å². The number of rotatable bonds is 3. The fourth-order valence-corrected chi connectivity index (χ4v) is 5.37. The zero-order valence-electron chi connectivity index (χ0n) is 13.2. The van der Waals surface area contributed by atoms with E-state index in [1.807, 2.05) is 19.1 Å². The molecule has 1 aromatic carbocycles. The van der Waals surface area contributed by atoms with Crippen molar-refractivity contribution in [2.75, 3.05) is 0 Å². The van der Waals surface area contributed by atoms with E-state index < -0.39 is 10.1 Å². The molecule has 2 aliphatic rings. The standard InChI is InChI=1S/C17H24O3S/c1-12-5-7-14(8-6-12)21(18,19)20-15-11-13-9-10-17(15,4)16(13,2)3/h5-8,13,15H,9-11H2,1-4H3/t13-,15+,17+/m1/s1. The fraction of sp³-hybridized carbons (Fsp3) is 0.647. The molecule has 0 amide bonds. The summed E-state index contributed by atoms with van der Waals surface area (Å²) in [6.07, 6.45) is 2.90. The van der Waals surface area contributed by atoms with Crippen molar-refractivity contribution in [3.05, 3.63) is 29.8 Å². The summed E-state index contributed by atoms with van der Waals surface area (Å²) in [5.74, 6) is 0.570. The lowest BCUT2D eigenvalue weighted by atomic mass is 9.70. The summed E-state index contributed by atoms with van der Waals surface area (Å²) in [6, 6.07) is 6.88. The number of fused-ring (bicyclic) bond motifs is 2. The lowest BCUT2D eigenvalue weighted by Gasteiger charge is -2.38. The van der Waals surface area contributed by atoms with Crippen molar-refractivity contribution in [2.24, 2.45) is 16.7 Å². The maximum Gasteiger partial charge on any atom is 0.297 e. The Balaban J connectivity index is 1.86. The summed E-state index contributed by atoms with van der Waals surface area (Å²) >= 11 is 0. The average Bonchev–Trinajstić information content (AvgIpc) is 2.72. The highest BCUT2D eigenvalue weighted by molar-refractivity contribution is 7.86. The van der Waals surface area contributed by atoms with Gasteiger partial charge in [-0.15, -0.1) is 0 Å². The number of aryl methyl sites for hydroxylation is 1. The maximum atomic E-state index is 12.5. The third kappa shape index (κ3) is 2.15. The van der Waals surface area contributed by atoms with E-state index in [1.165, 1.54) is 6.42 Å². The van der Waals surface area contributed by atoms with Crippen LogP contribution in [-0.2, 0) is 14.3 Å². The lowest BCUT2D eigenvalue weighted by Crippen LogP contribution is -2.38. The highest BCUT2D eigenvalue weighted by Gasteiger charge is 2.62. The maximum absolute atomic E-state index is 12.5. The predicted octanol–water partition coefficient (Wildman–Crippen LogP) is 3.92. The van der Waals surface area contributed by atoms with Gasteiger partial charge in [-0.25, -0.2) is 0 Å². The molecular weight excluding hydrogens is 284 g/mol. The van der Waals surface area contributed by atoms with E-state index in [1.54, 1.807) is 12.1 Å². The third-order valence-electron chi connectivity index (χ3n) is 6.27. The van der Waals surface area contributed by atoms with Gasteiger partial charge in [0.05, 0.1) is 11.0 Å². The van der Waals surface area contributed by atoms with Crippen LogP contribution in [0.15, 0.2) is 29.2 Å². The van der Waals surface area contributed by atoms with Crippen LogP contribution in [0.4, 0.5) is 0 Å². The van der Waals surface area contributed by atoms with Crippen molar-refractivity contribution in [3.63, 3.8) is 0 Å². The van der Waals surface area contributed by atoms with Crippen LogP contribution < -0.4 is 0 Å². The van der Waals surface area contributed by atoms with Gasteiger partial charge in [-0.2, -0.15) is 8.42 Å². The Morgan fingerprint density at radius 2 is 1.76 bits per heavy atom. The molecule has 0 aromatic heterocycles. The van der Waals surface area contributed by atoms with Crippen LogP contribution in [0.3, 0.4) is 0 Å². The molecule has 116 valence electrons. The Labute approximate surface area is 127 Å². The average molecular weight is 308 g/mol. The van der Waals surface area contributed by atoms with E-state index in [0.29, 0.717) is 5.92 Å². The minimum absolute atomic E-state index is 0.0462. The van der Waals surface area contributed by atoms with E-state index >= 15 is 0 Å². The van der Waals surface area contributed by atoms with Crippen molar-refractivity contribution in [3.8, 4) is 0 Å². The van der Waals surface area contributed by atoms with Gasteiger partial charge in [0.25, 0.3) is 10.1 Å². The molecule has 0 radical (unpaired) electrons. The van der Waals surface area contributed by atoms with Crippen molar-refractivity contribution in [1.29, 1.82) is 0 Å². The van der Waals surface area contributed by atoms with E-state index in [9.17, 15) is 8.42 Å². The first-order chi connectivity index (χ1) is 9.67. The van der Waals surface area contributed by atoms with Gasteiger partial charge in [-0.1, -0.05) is 38.5 Å². The molecule has 3 rings (SSSR count). The van der Waals surface area contributed by atoms with Gasteiger partial charge in [0.2, 0.25) is 0 Å². The van der Waals surface area contributed by atoms with Crippen LogP contribution in [0.25, 0.3) is 0 Å². The quantitative estimate of drug-likeness (QED) is 0.795. The topological polar surface area (TPSA) is 43.4 Å². The molecule has 0 aliphatic heterocycles. The summed E-state index contributed by atoms with van der Waals surface area (Å²) in [4.78, 5) is 0.261. The summed E-state index contributed by atoms with van der Waals surface area (Å²) < 4.78 is 30.7. The van der Waals surface area contributed by atoms with Crippen LogP contribution >= 0.6 is 0 Å². The van der Waals surface area contributed by atoms with E-state index in [0.717, 1.165) is 18.4 Å². The molecule has 2 saturated carbocycles. The molecule has 0 heterocycles. The first-order valence-electron chi connectivity index (χ1n) is 7.67. The molecule has 1 aromatic rings. The summed E-state index contributed by atoms with van der Waals surface area (Å²) in [5.41, 5.74) is 1.15. The highest BCUT2D eigenvalue weighted by Crippen LogP contribution is 2.66. The number of hydrogen-bond acceptors (Lipinski definition) is 3. The highest BCUT2D eigenvalue weighted by atomic mass is 32.2. The van der Waals surface area contributed by atoms with Gasteiger partial charge >= 0.3 is 0 Å². The number of hydrogen-bond donors (Lipinski definition) is 0. The predicted molar refractivity (Wildman–Crippen MR) is 82.5 cm³/mol. The third-order valence-corrected chi connectivity index (χ3v) is 7.60. The fourth-order valence-electron chi connectivity index (χ4n) is 4.19. The number of benzene rings is 1. The molecule has 2 aliphatic carbocycles. The van der Waals surface area contributed by atoms with Gasteiger partial charge in [-0.3, -0.25) is 4.18 Å². The van der Waals surface area contributed by atoms with E-state index in [2.05, 4.69) is 20.8 Å². The Morgan fingerprint density at radius 3 is 2.24 bits per heavy atom. The molecule has 0 N–H and O–H groups in total. The zero-order chi connectivity index (χ0) is 15.5. The van der Waals surface area contributed by atoms with Gasteiger partial charge in [0.1, 0.15) is 0 Å². The molecule has 2 fully saturated rings. The van der Waals surface area contributed by atoms with Crippen molar-refractivity contribution >= 4 is 10.1 Å². The van der Waals surface area contributed by atoms with E-state index in [-0.39, 0.29) is 21.8 Å². The van der Waals surface area contributed by atoms with Gasteiger partial charge in [0.15, 0.2) is 0 Å². The van der Waals surface area contributed by atoms with Crippen molar-refractivity contribution in [1.82, 2.24) is 0 Å². The van der Waals surface area contributed by atoms with Crippen LogP contribution in [0.1, 0.15) is 45.6 Å². The largest absolute Gasteiger partial charge is 0.297 e. The molecule has 3 nitrogen and oxygen atoms in total. The summed E-state index contributed by atoms with van der Waals surface area (Å²) in [7, 11) is -3.67.